The van der Waals surface area contributed by atoms with Crippen LogP contribution in [-0.2, 0) is 6.42 Å². The van der Waals surface area contributed by atoms with Gasteiger partial charge in [-0.1, -0.05) is 141 Å². The van der Waals surface area contributed by atoms with Crippen LogP contribution in [0, 0.1) is 0 Å². The molecule has 2 nitrogen and oxygen atoms in total. The average molecular weight is 799 g/mol. The largest absolute Gasteiger partial charge is 0.309 e. The maximum atomic E-state index is 2.49. The highest BCUT2D eigenvalue weighted by molar-refractivity contribution is 7.25. The minimum Gasteiger partial charge on any atom is -0.309 e. The van der Waals surface area contributed by atoms with Gasteiger partial charge >= 0.3 is 0 Å². The molecule has 61 heavy (non-hydrogen) atoms. The Hall–Kier alpha value is -7.20. The first kappa shape index (κ1) is 35.7. The SMILES string of the molecule is CCCCc1ccc(-c2cccc(-n3c4ccccc4c4cc(-c5ccc6c(c5)c5ccccc5n6-c5cccc6sc7ccc(-c8ccccc8)cc7c56)ccc43)c2)cc1. The molecule has 3 heteroatoms. The second kappa shape index (κ2) is 14.5. The number of aryl methyl sites for hydroxylation is 1. The highest BCUT2D eigenvalue weighted by Gasteiger charge is 2.19. The van der Waals surface area contributed by atoms with Gasteiger partial charge in [-0.05, 0) is 125 Å². The molecule has 12 aromatic rings. The fraction of sp³-hybridized carbons (Fsp3) is 0.0690. The van der Waals surface area contributed by atoms with Crippen LogP contribution in [0.5, 0.6) is 0 Å². The summed E-state index contributed by atoms with van der Waals surface area (Å²) in [6.07, 6.45) is 3.58. The summed E-state index contributed by atoms with van der Waals surface area (Å²) < 4.78 is 7.53. The summed E-state index contributed by atoms with van der Waals surface area (Å²) in [6.45, 7) is 2.25. The van der Waals surface area contributed by atoms with Crippen molar-refractivity contribution in [1.82, 2.24) is 9.13 Å². The van der Waals surface area contributed by atoms with Gasteiger partial charge in [0.25, 0.3) is 0 Å². The monoisotopic (exact) mass is 798 g/mol. The third-order valence-corrected chi connectivity index (χ3v) is 13.8. The summed E-state index contributed by atoms with van der Waals surface area (Å²) in [5, 5.41) is 7.64. The Bertz CT molecular complexity index is 3620. The number of thiophene rings is 1. The maximum Gasteiger partial charge on any atom is 0.0555 e. The molecule has 0 bridgehead atoms. The van der Waals surface area contributed by atoms with Crippen LogP contribution in [0.25, 0.3) is 109 Å². The molecule has 0 unspecified atom stereocenters. The van der Waals surface area contributed by atoms with Crippen LogP contribution in [0.1, 0.15) is 25.3 Å². The molecule has 0 aliphatic heterocycles. The number of aromatic nitrogens is 2. The quantitative estimate of drug-likeness (QED) is 0.145. The Morgan fingerprint density at radius 2 is 0.918 bits per heavy atom. The number of para-hydroxylation sites is 2. The van der Waals surface area contributed by atoms with Crippen molar-refractivity contribution in [3.63, 3.8) is 0 Å². The van der Waals surface area contributed by atoms with Crippen molar-refractivity contribution in [2.75, 3.05) is 0 Å². The minimum atomic E-state index is 1.14. The van der Waals surface area contributed by atoms with Crippen molar-refractivity contribution in [2.24, 2.45) is 0 Å². The predicted octanol–water partition coefficient (Wildman–Crippen LogP) is 16.6. The first-order valence-electron chi connectivity index (χ1n) is 21.5. The molecule has 290 valence electrons. The molecule has 3 aromatic heterocycles. The number of hydrogen-bond donors (Lipinski definition) is 0. The highest BCUT2D eigenvalue weighted by atomic mass is 32.1. The number of rotatable bonds is 8. The van der Waals surface area contributed by atoms with Gasteiger partial charge in [0.2, 0.25) is 0 Å². The van der Waals surface area contributed by atoms with Crippen molar-refractivity contribution < 1.29 is 0 Å². The normalized spacial score (nSPS) is 11.9. The molecule has 0 spiro atoms. The lowest BCUT2D eigenvalue weighted by molar-refractivity contribution is 0.795. The molecule has 12 rings (SSSR count). The van der Waals surface area contributed by atoms with E-state index in [0.717, 1.165) is 6.42 Å². The number of nitrogens with zero attached hydrogens (tertiary/aromatic N) is 2. The summed E-state index contributed by atoms with van der Waals surface area (Å²) >= 11 is 1.88. The van der Waals surface area contributed by atoms with E-state index in [1.165, 1.54) is 127 Å². The molecule has 0 atom stereocenters. The van der Waals surface area contributed by atoms with E-state index < -0.39 is 0 Å². The zero-order chi connectivity index (χ0) is 40.4. The van der Waals surface area contributed by atoms with Crippen LogP contribution < -0.4 is 0 Å². The molecule has 0 amide bonds. The summed E-state index contributed by atoms with van der Waals surface area (Å²) in [4.78, 5) is 0. The van der Waals surface area contributed by atoms with Gasteiger partial charge in [-0.2, -0.15) is 0 Å². The molecule has 0 aliphatic carbocycles. The average Bonchev–Trinajstić information content (AvgIpc) is 3.98. The molecular formula is C58H42N2S. The molecule has 0 N–H and O–H groups in total. The van der Waals surface area contributed by atoms with Crippen LogP contribution in [-0.4, -0.2) is 9.13 Å². The number of hydrogen-bond acceptors (Lipinski definition) is 1. The highest BCUT2D eigenvalue weighted by Crippen LogP contribution is 2.43. The Morgan fingerprint density at radius 1 is 0.377 bits per heavy atom. The lowest BCUT2D eigenvalue weighted by atomic mass is 10.0. The van der Waals surface area contributed by atoms with Crippen molar-refractivity contribution in [3.8, 4) is 44.8 Å². The third kappa shape index (κ3) is 5.91. The Morgan fingerprint density at radius 3 is 1.66 bits per heavy atom. The fourth-order valence-corrected chi connectivity index (χ4v) is 10.8. The van der Waals surface area contributed by atoms with Crippen LogP contribution >= 0.6 is 11.3 Å². The molecule has 0 fully saturated rings. The molecule has 0 saturated carbocycles. The number of unbranched alkanes of at least 4 members (excludes halogenated alkanes) is 1. The second-order valence-electron chi connectivity index (χ2n) is 16.3. The fourth-order valence-electron chi connectivity index (χ4n) is 9.72. The van der Waals surface area contributed by atoms with E-state index in [1.807, 2.05) is 11.3 Å². The van der Waals surface area contributed by atoms with Gasteiger partial charge in [0.1, 0.15) is 0 Å². The van der Waals surface area contributed by atoms with Gasteiger partial charge < -0.3 is 9.13 Å². The summed E-state index contributed by atoms with van der Waals surface area (Å²) in [5.74, 6) is 0. The molecule has 9 aromatic carbocycles. The van der Waals surface area contributed by atoms with Crippen molar-refractivity contribution in [1.29, 1.82) is 0 Å². The van der Waals surface area contributed by atoms with Gasteiger partial charge in [-0.15, -0.1) is 11.3 Å². The van der Waals surface area contributed by atoms with Crippen molar-refractivity contribution in [2.45, 2.75) is 26.2 Å². The summed E-state index contributed by atoms with van der Waals surface area (Å²) in [7, 11) is 0. The smallest absolute Gasteiger partial charge is 0.0555 e. The molecule has 0 aliphatic rings. The predicted molar refractivity (Wildman–Crippen MR) is 263 cm³/mol. The third-order valence-electron chi connectivity index (χ3n) is 12.7. The lowest BCUT2D eigenvalue weighted by Crippen LogP contribution is -1.95. The van der Waals surface area contributed by atoms with E-state index in [-0.39, 0.29) is 0 Å². The van der Waals surface area contributed by atoms with Gasteiger partial charge in [0, 0.05) is 47.4 Å². The van der Waals surface area contributed by atoms with Crippen LogP contribution in [0.4, 0.5) is 0 Å². The Balaban J connectivity index is 0.982. The number of fused-ring (bicyclic) bond motifs is 9. The van der Waals surface area contributed by atoms with Gasteiger partial charge in [-0.25, -0.2) is 0 Å². The lowest BCUT2D eigenvalue weighted by Gasteiger charge is -2.12. The van der Waals surface area contributed by atoms with E-state index >= 15 is 0 Å². The second-order valence-corrected chi connectivity index (χ2v) is 17.4. The van der Waals surface area contributed by atoms with Crippen molar-refractivity contribution >= 4 is 75.1 Å². The van der Waals surface area contributed by atoms with Crippen LogP contribution in [0.15, 0.2) is 200 Å². The van der Waals surface area contributed by atoms with E-state index in [1.54, 1.807) is 0 Å². The van der Waals surface area contributed by atoms with Gasteiger partial charge in [0.05, 0.1) is 27.8 Å². The van der Waals surface area contributed by atoms with E-state index in [4.69, 9.17) is 0 Å². The van der Waals surface area contributed by atoms with E-state index in [0.29, 0.717) is 0 Å². The molecular weight excluding hydrogens is 757 g/mol. The zero-order valence-electron chi connectivity index (χ0n) is 34.0. The number of benzene rings is 9. The first-order chi connectivity index (χ1) is 30.2. The zero-order valence-corrected chi connectivity index (χ0v) is 34.8. The minimum absolute atomic E-state index is 1.14. The molecule has 3 heterocycles. The standard InChI is InChI=1S/C58H42N2S/c1-2-3-13-38-24-26-40(27-25-38)41-16-11-17-45(34-41)59-51-20-9-7-18-46(51)48-35-43(28-31-53(48)59)44-29-32-54-49(36-44)47-19-8-10-21-52(47)60(54)55-22-12-23-57-58(55)50-37-42(30-33-56(50)61-57)39-14-5-4-6-15-39/h4-12,14-37H,2-3,13H2,1H3. The molecule has 0 radical (unpaired) electrons. The Labute approximate surface area is 359 Å². The molecule has 0 saturated heterocycles. The summed E-state index contributed by atoms with van der Waals surface area (Å²) in [5.41, 5.74) is 16.0. The van der Waals surface area contributed by atoms with Crippen molar-refractivity contribution in [3.05, 3.63) is 206 Å². The van der Waals surface area contributed by atoms with E-state index in [9.17, 15) is 0 Å². The summed E-state index contributed by atoms with van der Waals surface area (Å²) in [6, 6.07) is 74.4. The first-order valence-corrected chi connectivity index (χ1v) is 22.3. The topological polar surface area (TPSA) is 9.86 Å². The van der Waals surface area contributed by atoms with Gasteiger partial charge in [0.15, 0.2) is 0 Å². The van der Waals surface area contributed by atoms with Crippen LogP contribution in [0.2, 0.25) is 0 Å². The van der Waals surface area contributed by atoms with E-state index in [2.05, 4.69) is 216 Å². The Kier molecular flexibility index (Phi) is 8.50. The maximum absolute atomic E-state index is 2.49. The van der Waals surface area contributed by atoms with Gasteiger partial charge in [-0.3, -0.25) is 0 Å². The van der Waals surface area contributed by atoms with Crippen LogP contribution in [0.3, 0.4) is 0 Å².